The zero-order valence-electron chi connectivity index (χ0n) is 12.1. The van der Waals surface area contributed by atoms with E-state index in [4.69, 9.17) is 5.26 Å². The van der Waals surface area contributed by atoms with Crippen molar-refractivity contribution in [3.05, 3.63) is 35.4 Å². The van der Waals surface area contributed by atoms with Crippen LogP contribution in [0.5, 0.6) is 0 Å². The zero-order chi connectivity index (χ0) is 15.5. The van der Waals surface area contributed by atoms with Gasteiger partial charge in [0.15, 0.2) is 0 Å². The third-order valence-electron chi connectivity index (χ3n) is 4.26. The largest absolute Gasteiger partial charge is 0.416 e. The van der Waals surface area contributed by atoms with Crippen molar-refractivity contribution < 1.29 is 13.2 Å². The van der Waals surface area contributed by atoms with Crippen LogP contribution in [-0.2, 0) is 12.7 Å². The maximum Gasteiger partial charge on any atom is 0.416 e. The number of hydrogen-bond donors (Lipinski definition) is 0. The Morgan fingerprint density at radius 3 is 2.24 bits per heavy atom. The summed E-state index contributed by atoms with van der Waals surface area (Å²) in [5.74, 6) is 0. The van der Waals surface area contributed by atoms with E-state index in [9.17, 15) is 13.2 Å². The monoisotopic (exact) mass is 296 g/mol. The number of rotatable bonds is 3. The van der Waals surface area contributed by atoms with Gasteiger partial charge in [0.2, 0.25) is 0 Å². The lowest BCUT2D eigenvalue weighted by atomic mass is 9.78. The molecule has 1 fully saturated rings. The third kappa shape index (κ3) is 4.21. The van der Waals surface area contributed by atoms with E-state index < -0.39 is 11.7 Å². The van der Waals surface area contributed by atoms with Gasteiger partial charge < -0.3 is 0 Å². The highest BCUT2D eigenvalue weighted by atomic mass is 19.4. The van der Waals surface area contributed by atoms with E-state index in [0.29, 0.717) is 13.0 Å². The maximum absolute atomic E-state index is 12.5. The maximum atomic E-state index is 12.5. The van der Waals surface area contributed by atoms with Crippen molar-refractivity contribution in [1.29, 1.82) is 5.26 Å². The van der Waals surface area contributed by atoms with E-state index in [1.807, 2.05) is 0 Å². The molecule has 21 heavy (non-hydrogen) atoms. The summed E-state index contributed by atoms with van der Waals surface area (Å²) in [6, 6.07) is 7.61. The number of nitrogens with zero attached hydrogens (tertiary/aromatic N) is 2. The van der Waals surface area contributed by atoms with Crippen LogP contribution in [0, 0.1) is 16.7 Å². The highest BCUT2D eigenvalue weighted by Crippen LogP contribution is 2.34. The van der Waals surface area contributed by atoms with Crippen LogP contribution in [0.2, 0.25) is 0 Å². The molecule has 1 aromatic rings. The highest BCUT2D eigenvalue weighted by molar-refractivity contribution is 5.24. The molecule has 0 aromatic heterocycles. The minimum absolute atomic E-state index is 0.0887. The average Bonchev–Trinajstić information content (AvgIpc) is 2.41. The van der Waals surface area contributed by atoms with Crippen LogP contribution in [0.3, 0.4) is 0 Å². The number of piperidine rings is 1. The number of likely N-dealkylation sites (tertiary alicyclic amines) is 1. The summed E-state index contributed by atoms with van der Waals surface area (Å²) in [6.45, 7) is 4.57. The molecule has 1 aromatic carbocycles. The lowest BCUT2D eigenvalue weighted by molar-refractivity contribution is -0.137. The predicted octanol–water partition coefficient (Wildman–Crippen LogP) is 4.22. The molecule has 0 bridgehead atoms. The predicted molar refractivity (Wildman–Crippen MR) is 74.3 cm³/mol. The fourth-order valence-electron chi connectivity index (χ4n) is 2.68. The number of halogens is 3. The van der Waals surface area contributed by atoms with Gasteiger partial charge in [-0.2, -0.15) is 18.4 Å². The van der Waals surface area contributed by atoms with Gasteiger partial charge in [0, 0.05) is 13.0 Å². The van der Waals surface area contributed by atoms with Crippen LogP contribution in [0.15, 0.2) is 24.3 Å². The number of alkyl halides is 3. The van der Waals surface area contributed by atoms with E-state index in [2.05, 4.69) is 17.9 Å². The second-order valence-corrected chi connectivity index (χ2v) is 6.12. The summed E-state index contributed by atoms with van der Waals surface area (Å²) in [7, 11) is 0. The summed E-state index contributed by atoms with van der Waals surface area (Å²) in [5, 5.41) is 8.82. The molecule has 0 unspecified atom stereocenters. The van der Waals surface area contributed by atoms with Crippen LogP contribution in [-0.4, -0.2) is 18.0 Å². The fourth-order valence-corrected chi connectivity index (χ4v) is 2.68. The Morgan fingerprint density at radius 1 is 1.19 bits per heavy atom. The summed E-state index contributed by atoms with van der Waals surface area (Å²) in [4.78, 5) is 2.24. The van der Waals surface area contributed by atoms with Gasteiger partial charge in [-0.25, -0.2) is 0 Å². The Bertz CT molecular complexity index is 506. The molecule has 0 N–H and O–H groups in total. The second kappa shape index (κ2) is 6.07. The van der Waals surface area contributed by atoms with Crippen molar-refractivity contribution in [2.24, 2.45) is 5.41 Å². The fraction of sp³-hybridized carbons (Fsp3) is 0.562. The van der Waals surface area contributed by atoms with Gasteiger partial charge in [0.05, 0.1) is 11.6 Å². The molecule has 0 saturated carbocycles. The van der Waals surface area contributed by atoms with Gasteiger partial charge in [-0.3, -0.25) is 4.90 Å². The molecule has 1 saturated heterocycles. The molecule has 1 aliphatic rings. The lowest BCUT2D eigenvalue weighted by Crippen LogP contribution is -2.38. The Hall–Kier alpha value is -1.54. The highest BCUT2D eigenvalue weighted by Gasteiger charge is 2.31. The summed E-state index contributed by atoms with van der Waals surface area (Å²) in [5.41, 5.74) is 0.379. The van der Waals surface area contributed by atoms with Gasteiger partial charge in [0.25, 0.3) is 0 Å². The number of nitriles is 1. The van der Waals surface area contributed by atoms with Crippen molar-refractivity contribution >= 4 is 0 Å². The smallest absolute Gasteiger partial charge is 0.299 e. The van der Waals surface area contributed by atoms with Gasteiger partial charge >= 0.3 is 6.18 Å². The molecule has 0 radical (unpaired) electrons. The van der Waals surface area contributed by atoms with E-state index in [1.54, 1.807) is 12.1 Å². The molecule has 5 heteroatoms. The summed E-state index contributed by atoms with van der Waals surface area (Å²) in [6.07, 6.45) is -1.79. The first kappa shape index (κ1) is 15.8. The van der Waals surface area contributed by atoms with E-state index in [0.717, 1.165) is 43.6 Å². The molecule has 2 nitrogen and oxygen atoms in total. The lowest BCUT2D eigenvalue weighted by Gasteiger charge is -2.38. The molecule has 0 aliphatic carbocycles. The standard InChI is InChI=1S/C16H19F3N2/c1-15(6-9-20)7-10-21(11-8-15)12-13-2-4-14(5-3-13)16(17,18)19/h2-5H,6-8,10-12H2,1H3. The first-order valence-corrected chi connectivity index (χ1v) is 7.08. The minimum atomic E-state index is -4.28. The normalized spacial score (nSPS) is 19.2. The van der Waals surface area contributed by atoms with Crippen molar-refractivity contribution in [2.75, 3.05) is 13.1 Å². The second-order valence-electron chi connectivity index (χ2n) is 6.12. The van der Waals surface area contributed by atoms with Crippen LogP contribution in [0.25, 0.3) is 0 Å². The van der Waals surface area contributed by atoms with Crippen LogP contribution in [0.4, 0.5) is 13.2 Å². The van der Waals surface area contributed by atoms with Gasteiger partial charge in [-0.1, -0.05) is 19.1 Å². The van der Waals surface area contributed by atoms with Gasteiger partial charge in [-0.15, -0.1) is 0 Å². The Labute approximate surface area is 123 Å². The van der Waals surface area contributed by atoms with E-state index in [1.165, 1.54) is 0 Å². The van der Waals surface area contributed by atoms with Crippen LogP contribution >= 0.6 is 0 Å². The number of hydrogen-bond acceptors (Lipinski definition) is 2. The Kier molecular flexibility index (Phi) is 4.58. The molecule has 1 heterocycles. The molecule has 0 amide bonds. The Balaban J connectivity index is 1.91. The van der Waals surface area contributed by atoms with E-state index in [-0.39, 0.29) is 5.41 Å². The van der Waals surface area contributed by atoms with Gasteiger partial charge in [0.1, 0.15) is 0 Å². The molecular weight excluding hydrogens is 277 g/mol. The number of benzene rings is 1. The van der Waals surface area contributed by atoms with Crippen molar-refractivity contribution in [1.82, 2.24) is 4.90 Å². The molecule has 0 spiro atoms. The first-order valence-electron chi connectivity index (χ1n) is 7.08. The van der Waals surface area contributed by atoms with Crippen molar-refractivity contribution in [3.63, 3.8) is 0 Å². The van der Waals surface area contributed by atoms with E-state index >= 15 is 0 Å². The SMILES string of the molecule is CC1(CC#N)CCN(Cc2ccc(C(F)(F)F)cc2)CC1. The molecule has 2 rings (SSSR count). The van der Waals surface area contributed by atoms with Crippen molar-refractivity contribution in [3.8, 4) is 6.07 Å². The molecule has 1 aliphatic heterocycles. The van der Waals surface area contributed by atoms with Gasteiger partial charge in [-0.05, 0) is 49.0 Å². The average molecular weight is 296 g/mol. The first-order chi connectivity index (χ1) is 9.82. The minimum Gasteiger partial charge on any atom is -0.299 e. The van der Waals surface area contributed by atoms with Crippen LogP contribution < -0.4 is 0 Å². The summed E-state index contributed by atoms with van der Waals surface area (Å²) < 4.78 is 37.5. The summed E-state index contributed by atoms with van der Waals surface area (Å²) >= 11 is 0. The third-order valence-corrected chi connectivity index (χ3v) is 4.26. The zero-order valence-corrected chi connectivity index (χ0v) is 12.1. The molecule has 0 atom stereocenters. The quantitative estimate of drug-likeness (QED) is 0.835. The van der Waals surface area contributed by atoms with Crippen molar-refractivity contribution in [2.45, 2.75) is 38.9 Å². The Morgan fingerprint density at radius 2 is 1.76 bits per heavy atom. The molecule has 114 valence electrons. The topological polar surface area (TPSA) is 27.0 Å². The molecular formula is C16H19F3N2. The van der Waals surface area contributed by atoms with Crippen LogP contribution in [0.1, 0.15) is 37.3 Å².